The summed E-state index contributed by atoms with van der Waals surface area (Å²) in [6.45, 7) is 3.96. The number of carbonyl (C=O) groups is 1. The Hall–Kier alpha value is -3.02. The molecule has 150 valence electrons. The SMILES string of the molecule is Cc1cc(CC(=O)N2CCC(c3nccn3Cc3ccncc3)CC2)ccc1F. The summed E-state index contributed by atoms with van der Waals surface area (Å²) < 4.78 is 15.6. The average Bonchev–Trinajstić information content (AvgIpc) is 3.19. The number of pyridine rings is 1. The van der Waals surface area contributed by atoms with Crippen LogP contribution in [0.3, 0.4) is 0 Å². The highest BCUT2D eigenvalue weighted by Crippen LogP contribution is 2.27. The number of nitrogens with zero attached hydrogens (tertiary/aromatic N) is 4. The first-order valence-corrected chi connectivity index (χ1v) is 10.0. The highest BCUT2D eigenvalue weighted by atomic mass is 19.1. The lowest BCUT2D eigenvalue weighted by Gasteiger charge is -2.32. The number of carbonyl (C=O) groups excluding carboxylic acids is 1. The molecule has 3 aromatic rings. The molecule has 0 unspecified atom stereocenters. The molecule has 1 fully saturated rings. The molecule has 6 heteroatoms. The fourth-order valence-corrected chi connectivity index (χ4v) is 3.99. The van der Waals surface area contributed by atoms with Crippen molar-refractivity contribution in [3.8, 4) is 0 Å². The van der Waals surface area contributed by atoms with Crippen LogP contribution in [0.25, 0.3) is 0 Å². The molecule has 4 rings (SSSR count). The van der Waals surface area contributed by atoms with Crippen molar-refractivity contribution in [1.82, 2.24) is 19.4 Å². The van der Waals surface area contributed by atoms with Gasteiger partial charge in [0, 0.05) is 50.3 Å². The van der Waals surface area contributed by atoms with E-state index in [1.165, 1.54) is 11.6 Å². The first-order chi connectivity index (χ1) is 14.1. The second-order valence-electron chi connectivity index (χ2n) is 7.68. The van der Waals surface area contributed by atoms with Crippen molar-refractivity contribution in [3.05, 3.63) is 83.5 Å². The molecule has 0 spiro atoms. The van der Waals surface area contributed by atoms with Crippen molar-refractivity contribution in [1.29, 1.82) is 0 Å². The van der Waals surface area contributed by atoms with Crippen molar-refractivity contribution in [3.63, 3.8) is 0 Å². The summed E-state index contributed by atoms with van der Waals surface area (Å²) in [5, 5.41) is 0. The Balaban J connectivity index is 1.35. The molecule has 5 nitrogen and oxygen atoms in total. The molecule has 1 aliphatic rings. The second-order valence-corrected chi connectivity index (χ2v) is 7.68. The summed E-state index contributed by atoms with van der Waals surface area (Å²) in [5.41, 5.74) is 2.64. The number of hydrogen-bond donors (Lipinski definition) is 0. The first-order valence-electron chi connectivity index (χ1n) is 10.0. The minimum atomic E-state index is -0.232. The Labute approximate surface area is 170 Å². The zero-order valence-corrected chi connectivity index (χ0v) is 16.6. The zero-order valence-electron chi connectivity index (χ0n) is 16.6. The van der Waals surface area contributed by atoms with Crippen molar-refractivity contribution < 1.29 is 9.18 Å². The highest BCUT2D eigenvalue weighted by Gasteiger charge is 2.26. The molecule has 0 N–H and O–H groups in total. The number of aryl methyl sites for hydroxylation is 1. The molecule has 29 heavy (non-hydrogen) atoms. The van der Waals surface area contributed by atoms with Gasteiger partial charge in [0.05, 0.1) is 6.42 Å². The van der Waals surface area contributed by atoms with E-state index in [0.717, 1.165) is 43.9 Å². The maximum absolute atomic E-state index is 13.4. The third-order valence-corrected chi connectivity index (χ3v) is 5.64. The Morgan fingerprint density at radius 1 is 1.10 bits per heavy atom. The van der Waals surface area contributed by atoms with E-state index in [1.807, 2.05) is 29.4 Å². The van der Waals surface area contributed by atoms with E-state index in [1.54, 1.807) is 31.5 Å². The Kier molecular flexibility index (Phi) is 5.69. The van der Waals surface area contributed by atoms with Crippen molar-refractivity contribution in [2.45, 2.75) is 38.6 Å². The Morgan fingerprint density at radius 2 is 1.86 bits per heavy atom. The molecule has 0 bridgehead atoms. The van der Waals surface area contributed by atoms with Crippen LogP contribution in [0.4, 0.5) is 4.39 Å². The number of imidazole rings is 1. The lowest BCUT2D eigenvalue weighted by Crippen LogP contribution is -2.39. The predicted octanol–water partition coefficient (Wildman–Crippen LogP) is 3.72. The number of benzene rings is 1. The number of piperidine rings is 1. The summed E-state index contributed by atoms with van der Waals surface area (Å²) in [5.74, 6) is 1.31. The van der Waals surface area contributed by atoms with Crippen LogP contribution in [0.2, 0.25) is 0 Å². The number of hydrogen-bond acceptors (Lipinski definition) is 3. The lowest BCUT2D eigenvalue weighted by atomic mass is 9.95. The van der Waals surface area contributed by atoms with E-state index in [0.29, 0.717) is 17.9 Å². The lowest BCUT2D eigenvalue weighted by molar-refractivity contribution is -0.131. The Morgan fingerprint density at radius 3 is 2.59 bits per heavy atom. The van der Waals surface area contributed by atoms with Crippen LogP contribution in [0.5, 0.6) is 0 Å². The van der Waals surface area contributed by atoms with Gasteiger partial charge >= 0.3 is 0 Å². The fourth-order valence-electron chi connectivity index (χ4n) is 3.99. The minimum Gasteiger partial charge on any atom is -0.342 e. The number of amides is 1. The topological polar surface area (TPSA) is 51.0 Å². The van der Waals surface area contributed by atoms with Crippen LogP contribution in [-0.4, -0.2) is 38.4 Å². The smallest absolute Gasteiger partial charge is 0.226 e. The van der Waals surface area contributed by atoms with Crippen LogP contribution < -0.4 is 0 Å². The molecule has 1 aromatic carbocycles. The van der Waals surface area contributed by atoms with Crippen LogP contribution in [0, 0.1) is 12.7 Å². The van der Waals surface area contributed by atoms with Gasteiger partial charge in [0.15, 0.2) is 0 Å². The molecule has 0 atom stereocenters. The first kappa shape index (κ1) is 19.3. The van der Waals surface area contributed by atoms with Gasteiger partial charge in [-0.25, -0.2) is 9.37 Å². The third-order valence-electron chi connectivity index (χ3n) is 5.64. The van der Waals surface area contributed by atoms with Crippen LogP contribution in [0.1, 0.15) is 41.3 Å². The molecule has 1 saturated heterocycles. The van der Waals surface area contributed by atoms with Gasteiger partial charge < -0.3 is 9.47 Å². The molecule has 1 aliphatic heterocycles. The molecular weight excluding hydrogens is 367 g/mol. The summed E-state index contributed by atoms with van der Waals surface area (Å²) in [7, 11) is 0. The van der Waals surface area contributed by atoms with E-state index in [2.05, 4.69) is 14.5 Å². The molecule has 2 aromatic heterocycles. The van der Waals surface area contributed by atoms with Gasteiger partial charge in [0.25, 0.3) is 0 Å². The van der Waals surface area contributed by atoms with Crippen LogP contribution in [0.15, 0.2) is 55.1 Å². The normalized spacial score (nSPS) is 14.9. The monoisotopic (exact) mass is 392 g/mol. The van der Waals surface area contributed by atoms with E-state index >= 15 is 0 Å². The number of likely N-dealkylation sites (tertiary alicyclic amines) is 1. The third kappa shape index (κ3) is 4.53. The summed E-state index contributed by atoms with van der Waals surface area (Å²) in [6.07, 6.45) is 9.61. The van der Waals surface area contributed by atoms with Crippen LogP contribution >= 0.6 is 0 Å². The van der Waals surface area contributed by atoms with Gasteiger partial charge in [-0.05, 0) is 54.7 Å². The van der Waals surface area contributed by atoms with Gasteiger partial charge in [-0.15, -0.1) is 0 Å². The molecule has 1 amide bonds. The Bertz CT molecular complexity index is 978. The quantitative estimate of drug-likeness (QED) is 0.665. The van der Waals surface area contributed by atoms with E-state index in [4.69, 9.17) is 0 Å². The minimum absolute atomic E-state index is 0.106. The summed E-state index contributed by atoms with van der Waals surface area (Å²) in [6, 6.07) is 8.93. The molecule has 0 saturated carbocycles. The zero-order chi connectivity index (χ0) is 20.2. The van der Waals surface area contributed by atoms with Crippen molar-refractivity contribution in [2.24, 2.45) is 0 Å². The van der Waals surface area contributed by atoms with Gasteiger partial charge in [-0.3, -0.25) is 9.78 Å². The second kappa shape index (κ2) is 8.55. The largest absolute Gasteiger partial charge is 0.342 e. The summed E-state index contributed by atoms with van der Waals surface area (Å²) >= 11 is 0. The molecule has 0 aliphatic carbocycles. The van der Waals surface area contributed by atoms with Gasteiger partial charge in [0.2, 0.25) is 5.91 Å². The molecule has 0 radical (unpaired) electrons. The number of aromatic nitrogens is 3. The van der Waals surface area contributed by atoms with E-state index in [-0.39, 0.29) is 11.7 Å². The maximum Gasteiger partial charge on any atom is 0.226 e. The maximum atomic E-state index is 13.4. The van der Waals surface area contributed by atoms with Crippen LogP contribution in [-0.2, 0) is 17.8 Å². The van der Waals surface area contributed by atoms with Crippen molar-refractivity contribution >= 4 is 5.91 Å². The van der Waals surface area contributed by atoms with Gasteiger partial charge in [-0.2, -0.15) is 0 Å². The molecular formula is C23H25FN4O. The van der Waals surface area contributed by atoms with E-state index < -0.39 is 0 Å². The average molecular weight is 392 g/mol. The van der Waals surface area contributed by atoms with Gasteiger partial charge in [-0.1, -0.05) is 12.1 Å². The summed E-state index contributed by atoms with van der Waals surface area (Å²) in [4.78, 5) is 23.3. The fraction of sp³-hybridized carbons (Fsp3) is 0.348. The van der Waals surface area contributed by atoms with Crippen molar-refractivity contribution in [2.75, 3.05) is 13.1 Å². The number of halogens is 1. The molecule has 3 heterocycles. The predicted molar refractivity (Wildman–Crippen MR) is 109 cm³/mol. The van der Waals surface area contributed by atoms with Gasteiger partial charge in [0.1, 0.15) is 11.6 Å². The standard InChI is InChI=1S/C23H25FN4O/c1-17-14-19(2-3-21(17)24)15-22(29)27-11-6-20(7-12-27)23-26-10-13-28(23)16-18-4-8-25-9-5-18/h2-5,8-10,13-14,20H,6-7,11-12,15-16H2,1H3. The highest BCUT2D eigenvalue weighted by molar-refractivity contribution is 5.79. The number of rotatable bonds is 5. The van der Waals surface area contributed by atoms with E-state index in [9.17, 15) is 9.18 Å².